The molecule has 0 bridgehead atoms. The molecule has 10 heteroatoms. The second kappa shape index (κ2) is 12.1. The standard InChI is InChI=1S/C16H30N4O6/c1-16(2,3)26-15(25)18-11(8-9-13(22)23)14(24)20-19-12(21)7-5-4-6-10-17/h11H,4-10,17H2,1-3H3,(H,18,25)(H,19,21)(H,20,24)(H,22,23)/t11-/m1/s1. The highest BCUT2D eigenvalue weighted by molar-refractivity contribution is 5.88. The van der Waals surface area contributed by atoms with E-state index in [-0.39, 0.29) is 25.2 Å². The zero-order chi connectivity index (χ0) is 20.2. The zero-order valence-corrected chi connectivity index (χ0v) is 15.6. The Hall–Kier alpha value is -2.36. The molecule has 0 aromatic rings. The van der Waals surface area contributed by atoms with Gasteiger partial charge in [-0.3, -0.25) is 25.2 Å². The first-order valence-electron chi connectivity index (χ1n) is 8.55. The van der Waals surface area contributed by atoms with Crippen molar-refractivity contribution in [2.75, 3.05) is 6.54 Å². The maximum Gasteiger partial charge on any atom is 0.408 e. The monoisotopic (exact) mass is 374 g/mol. The molecule has 10 nitrogen and oxygen atoms in total. The quantitative estimate of drug-likeness (QED) is 0.273. The van der Waals surface area contributed by atoms with Crippen molar-refractivity contribution in [2.24, 2.45) is 5.73 Å². The largest absolute Gasteiger partial charge is 0.481 e. The summed E-state index contributed by atoms with van der Waals surface area (Å²) in [6, 6.07) is -1.15. The van der Waals surface area contributed by atoms with E-state index in [0.29, 0.717) is 13.0 Å². The van der Waals surface area contributed by atoms with E-state index in [0.717, 1.165) is 12.8 Å². The fraction of sp³-hybridized carbons (Fsp3) is 0.750. The van der Waals surface area contributed by atoms with Crippen LogP contribution in [0.1, 0.15) is 59.3 Å². The summed E-state index contributed by atoms with van der Waals surface area (Å²) in [5.41, 5.74) is 9.02. The number of nitrogens with one attached hydrogen (secondary N) is 3. The van der Waals surface area contributed by atoms with Crippen molar-refractivity contribution in [3.63, 3.8) is 0 Å². The normalized spacial score (nSPS) is 12.0. The number of hydrogen-bond acceptors (Lipinski definition) is 6. The number of ether oxygens (including phenoxy) is 1. The average Bonchev–Trinajstić information content (AvgIpc) is 2.51. The van der Waals surface area contributed by atoms with Crippen LogP contribution in [0.4, 0.5) is 4.79 Å². The van der Waals surface area contributed by atoms with Gasteiger partial charge in [0.25, 0.3) is 5.91 Å². The number of carbonyl (C=O) groups excluding carboxylic acids is 3. The number of hydrazine groups is 1. The number of rotatable bonds is 10. The number of nitrogens with two attached hydrogens (primary N) is 1. The van der Waals surface area contributed by atoms with Crippen LogP contribution in [0.3, 0.4) is 0 Å². The van der Waals surface area contributed by atoms with Gasteiger partial charge < -0.3 is 20.9 Å². The van der Waals surface area contributed by atoms with E-state index < -0.39 is 29.6 Å². The molecule has 0 heterocycles. The predicted molar refractivity (Wildman–Crippen MR) is 93.8 cm³/mol. The molecule has 0 rings (SSSR count). The maximum absolute atomic E-state index is 12.1. The number of amides is 3. The van der Waals surface area contributed by atoms with E-state index in [2.05, 4.69) is 16.2 Å². The number of carboxylic acids is 1. The fourth-order valence-corrected chi connectivity index (χ4v) is 1.87. The highest BCUT2D eigenvalue weighted by Crippen LogP contribution is 2.08. The van der Waals surface area contributed by atoms with Crippen LogP contribution in [0.25, 0.3) is 0 Å². The summed E-state index contributed by atoms with van der Waals surface area (Å²) in [5, 5.41) is 11.1. The molecule has 0 fully saturated rings. The van der Waals surface area contributed by atoms with Crippen LogP contribution in [0.2, 0.25) is 0 Å². The molecule has 6 N–H and O–H groups in total. The lowest BCUT2D eigenvalue weighted by Crippen LogP contribution is -2.53. The molecule has 0 spiro atoms. The molecule has 1 atom stereocenters. The van der Waals surface area contributed by atoms with Crippen molar-refractivity contribution < 1.29 is 29.0 Å². The molecule has 0 aromatic heterocycles. The van der Waals surface area contributed by atoms with E-state index in [1.807, 2.05) is 0 Å². The Morgan fingerprint density at radius 1 is 1.04 bits per heavy atom. The van der Waals surface area contributed by atoms with Crippen molar-refractivity contribution in [2.45, 2.75) is 70.9 Å². The number of unbranched alkanes of at least 4 members (excludes halogenated alkanes) is 2. The lowest BCUT2D eigenvalue weighted by molar-refractivity contribution is -0.137. The number of hydrogen-bond donors (Lipinski definition) is 5. The van der Waals surface area contributed by atoms with Crippen LogP contribution in [0, 0.1) is 0 Å². The van der Waals surface area contributed by atoms with Gasteiger partial charge in [0.05, 0.1) is 0 Å². The minimum absolute atomic E-state index is 0.146. The van der Waals surface area contributed by atoms with E-state index in [1.54, 1.807) is 20.8 Å². The van der Waals surface area contributed by atoms with Gasteiger partial charge in [0, 0.05) is 12.8 Å². The molecule has 26 heavy (non-hydrogen) atoms. The number of aliphatic carboxylic acids is 1. The van der Waals surface area contributed by atoms with Crippen LogP contribution in [-0.2, 0) is 19.1 Å². The van der Waals surface area contributed by atoms with E-state index >= 15 is 0 Å². The zero-order valence-electron chi connectivity index (χ0n) is 15.6. The Morgan fingerprint density at radius 2 is 1.69 bits per heavy atom. The molecule has 0 saturated carbocycles. The fourth-order valence-electron chi connectivity index (χ4n) is 1.87. The summed E-state index contributed by atoms with van der Waals surface area (Å²) in [4.78, 5) is 46.3. The molecular formula is C16H30N4O6. The van der Waals surface area contributed by atoms with Gasteiger partial charge in [0.1, 0.15) is 11.6 Å². The SMILES string of the molecule is CC(C)(C)OC(=O)N[C@H](CCC(=O)O)C(=O)NNC(=O)CCCCCN. The summed E-state index contributed by atoms with van der Waals surface area (Å²) in [6.45, 7) is 5.53. The lowest BCUT2D eigenvalue weighted by atomic mass is 10.1. The van der Waals surface area contributed by atoms with Crippen molar-refractivity contribution in [1.82, 2.24) is 16.2 Å². The Labute approximate surface area is 153 Å². The van der Waals surface area contributed by atoms with Crippen molar-refractivity contribution in [3.05, 3.63) is 0 Å². The highest BCUT2D eigenvalue weighted by atomic mass is 16.6. The van der Waals surface area contributed by atoms with Gasteiger partial charge in [-0.25, -0.2) is 4.79 Å². The molecule has 3 amide bonds. The van der Waals surface area contributed by atoms with Crippen LogP contribution >= 0.6 is 0 Å². The van der Waals surface area contributed by atoms with Gasteiger partial charge in [-0.15, -0.1) is 0 Å². The highest BCUT2D eigenvalue weighted by Gasteiger charge is 2.25. The first-order valence-corrected chi connectivity index (χ1v) is 8.55. The van der Waals surface area contributed by atoms with Crippen molar-refractivity contribution >= 4 is 23.9 Å². The molecule has 0 saturated heterocycles. The van der Waals surface area contributed by atoms with Crippen LogP contribution in [0.15, 0.2) is 0 Å². The molecular weight excluding hydrogens is 344 g/mol. The number of carboxylic acid groups (broad SMARTS) is 1. The van der Waals surface area contributed by atoms with Crippen molar-refractivity contribution in [3.8, 4) is 0 Å². The second-order valence-electron chi connectivity index (χ2n) is 6.77. The third-order valence-corrected chi connectivity index (χ3v) is 3.09. The molecule has 0 radical (unpaired) electrons. The van der Waals surface area contributed by atoms with Crippen LogP contribution in [0.5, 0.6) is 0 Å². The van der Waals surface area contributed by atoms with Gasteiger partial charge >= 0.3 is 12.1 Å². The van der Waals surface area contributed by atoms with Gasteiger partial charge in [-0.2, -0.15) is 0 Å². The minimum atomic E-state index is -1.15. The molecule has 0 aliphatic heterocycles. The lowest BCUT2D eigenvalue weighted by Gasteiger charge is -2.23. The molecule has 0 aromatic carbocycles. The average molecular weight is 374 g/mol. The van der Waals surface area contributed by atoms with E-state index in [4.69, 9.17) is 15.6 Å². The summed E-state index contributed by atoms with van der Waals surface area (Å²) >= 11 is 0. The Balaban J connectivity index is 4.52. The predicted octanol–water partition coefficient (Wildman–Crippen LogP) is 0.411. The second-order valence-corrected chi connectivity index (χ2v) is 6.77. The van der Waals surface area contributed by atoms with Gasteiger partial charge in [-0.05, 0) is 46.6 Å². The summed E-state index contributed by atoms with van der Waals surface area (Å²) in [7, 11) is 0. The Morgan fingerprint density at radius 3 is 2.23 bits per heavy atom. The summed E-state index contributed by atoms with van der Waals surface area (Å²) in [6.07, 6.45) is 1.15. The first kappa shape index (κ1) is 23.6. The van der Waals surface area contributed by atoms with Crippen LogP contribution in [-0.4, -0.2) is 47.2 Å². The maximum atomic E-state index is 12.1. The number of alkyl carbamates (subject to hydrolysis) is 1. The molecule has 150 valence electrons. The van der Waals surface area contributed by atoms with E-state index in [1.165, 1.54) is 0 Å². The summed E-state index contributed by atoms with van der Waals surface area (Å²) < 4.78 is 5.05. The number of carbonyl (C=O) groups is 4. The smallest absolute Gasteiger partial charge is 0.408 e. The van der Waals surface area contributed by atoms with Gasteiger partial charge in [0.2, 0.25) is 5.91 Å². The molecule has 0 aliphatic rings. The first-order chi connectivity index (χ1) is 12.0. The minimum Gasteiger partial charge on any atom is -0.481 e. The van der Waals surface area contributed by atoms with E-state index in [9.17, 15) is 19.2 Å². The summed E-state index contributed by atoms with van der Waals surface area (Å²) in [5.74, 6) is -2.23. The third kappa shape index (κ3) is 13.0. The van der Waals surface area contributed by atoms with Crippen LogP contribution < -0.4 is 21.9 Å². The topological polar surface area (TPSA) is 160 Å². The van der Waals surface area contributed by atoms with Gasteiger partial charge in [-0.1, -0.05) is 6.42 Å². The van der Waals surface area contributed by atoms with Gasteiger partial charge in [0.15, 0.2) is 0 Å². The molecule has 0 unspecified atom stereocenters. The Kier molecular flexibility index (Phi) is 11.0. The van der Waals surface area contributed by atoms with Crippen molar-refractivity contribution in [1.29, 1.82) is 0 Å². The third-order valence-electron chi connectivity index (χ3n) is 3.09. The molecule has 0 aliphatic carbocycles. The Bertz CT molecular complexity index is 490.